The van der Waals surface area contributed by atoms with Gasteiger partial charge in [0.2, 0.25) is 5.95 Å². The minimum atomic E-state index is -0.477. The molecular formula is C21H23ClN4O2. The van der Waals surface area contributed by atoms with E-state index in [-0.39, 0.29) is 11.5 Å². The van der Waals surface area contributed by atoms with E-state index in [2.05, 4.69) is 15.3 Å². The van der Waals surface area contributed by atoms with Gasteiger partial charge in [0.05, 0.1) is 18.6 Å². The SMILES string of the molecule is CC.COC1=CC=C(c2nc(Nc3ccc(Cl)cc3)[nH]c(=O)c2C#N)CCC1. The summed E-state index contributed by atoms with van der Waals surface area (Å²) in [5.74, 6) is 1.13. The van der Waals surface area contributed by atoms with Crippen LogP contribution in [0.3, 0.4) is 0 Å². The van der Waals surface area contributed by atoms with Crippen molar-refractivity contribution in [3.05, 3.63) is 68.8 Å². The molecule has 0 bridgehead atoms. The molecule has 2 N–H and O–H groups in total. The van der Waals surface area contributed by atoms with Gasteiger partial charge in [0, 0.05) is 17.1 Å². The molecule has 0 radical (unpaired) electrons. The molecule has 3 rings (SSSR count). The molecule has 6 nitrogen and oxygen atoms in total. The van der Waals surface area contributed by atoms with E-state index in [9.17, 15) is 10.1 Å². The molecule has 28 heavy (non-hydrogen) atoms. The molecular weight excluding hydrogens is 376 g/mol. The Morgan fingerprint density at radius 2 is 1.93 bits per heavy atom. The number of nitrogens with zero attached hydrogens (tertiary/aromatic N) is 2. The number of methoxy groups -OCH3 is 1. The average Bonchev–Trinajstić information content (AvgIpc) is 2.96. The molecule has 2 aromatic rings. The lowest BCUT2D eigenvalue weighted by Crippen LogP contribution is -2.17. The summed E-state index contributed by atoms with van der Waals surface area (Å²) >= 11 is 5.88. The number of nitrogens with one attached hydrogen (secondary N) is 2. The van der Waals surface area contributed by atoms with E-state index >= 15 is 0 Å². The van der Waals surface area contributed by atoms with Crippen LogP contribution in [0, 0.1) is 11.3 Å². The Balaban J connectivity index is 0.00000136. The highest BCUT2D eigenvalue weighted by molar-refractivity contribution is 6.30. The van der Waals surface area contributed by atoms with E-state index in [1.54, 1.807) is 31.4 Å². The average molecular weight is 399 g/mol. The van der Waals surface area contributed by atoms with E-state index in [0.29, 0.717) is 17.1 Å². The van der Waals surface area contributed by atoms with Crippen molar-refractivity contribution in [2.24, 2.45) is 0 Å². The molecule has 0 atom stereocenters. The number of aromatic amines is 1. The van der Waals surface area contributed by atoms with Gasteiger partial charge in [-0.15, -0.1) is 0 Å². The molecule has 7 heteroatoms. The Kier molecular flexibility index (Phi) is 7.85. The lowest BCUT2D eigenvalue weighted by Gasteiger charge is -2.10. The monoisotopic (exact) mass is 398 g/mol. The maximum absolute atomic E-state index is 12.3. The van der Waals surface area contributed by atoms with Gasteiger partial charge >= 0.3 is 0 Å². The summed E-state index contributed by atoms with van der Waals surface area (Å²) < 4.78 is 5.29. The van der Waals surface area contributed by atoms with E-state index in [1.165, 1.54) is 0 Å². The van der Waals surface area contributed by atoms with Crippen molar-refractivity contribution in [1.82, 2.24) is 9.97 Å². The van der Waals surface area contributed by atoms with Crippen LogP contribution in [0.15, 0.2) is 47.0 Å². The first-order valence-electron chi connectivity index (χ1n) is 9.12. The predicted molar refractivity (Wildman–Crippen MR) is 113 cm³/mol. The van der Waals surface area contributed by atoms with Crippen LogP contribution < -0.4 is 10.9 Å². The van der Waals surface area contributed by atoms with E-state index in [4.69, 9.17) is 16.3 Å². The van der Waals surface area contributed by atoms with Crippen LogP contribution in [0.4, 0.5) is 11.6 Å². The number of halogens is 1. The highest BCUT2D eigenvalue weighted by atomic mass is 35.5. The molecule has 0 aliphatic heterocycles. The van der Waals surface area contributed by atoms with Crippen LogP contribution in [0.2, 0.25) is 5.02 Å². The molecule has 1 aliphatic rings. The summed E-state index contributed by atoms with van der Waals surface area (Å²) in [6.45, 7) is 4.00. The van der Waals surface area contributed by atoms with Gasteiger partial charge in [-0.1, -0.05) is 31.5 Å². The molecule has 1 aliphatic carbocycles. The Labute approximate surface area is 169 Å². The quantitative estimate of drug-likeness (QED) is 0.741. The molecule has 1 heterocycles. The number of hydrogen-bond acceptors (Lipinski definition) is 5. The second-order valence-corrected chi connectivity index (χ2v) is 6.20. The summed E-state index contributed by atoms with van der Waals surface area (Å²) in [6.07, 6.45) is 6.08. The number of benzene rings is 1. The molecule has 0 unspecified atom stereocenters. The molecule has 0 amide bonds. The first-order chi connectivity index (χ1) is 13.6. The van der Waals surface area contributed by atoms with Crippen molar-refractivity contribution in [3.8, 4) is 6.07 Å². The Morgan fingerprint density at radius 3 is 2.57 bits per heavy atom. The third kappa shape index (κ3) is 5.24. The second kappa shape index (κ2) is 10.3. The van der Waals surface area contributed by atoms with Crippen LogP contribution in [-0.4, -0.2) is 17.1 Å². The lowest BCUT2D eigenvalue weighted by atomic mass is 10.0. The largest absolute Gasteiger partial charge is 0.501 e. The van der Waals surface area contributed by atoms with Crippen molar-refractivity contribution in [3.63, 3.8) is 0 Å². The number of hydrogen-bond donors (Lipinski definition) is 2. The minimum absolute atomic E-state index is 0.00664. The number of rotatable bonds is 4. The fourth-order valence-corrected chi connectivity index (χ4v) is 2.85. The van der Waals surface area contributed by atoms with Gasteiger partial charge in [0.15, 0.2) is 0 Å². The van der Waals surface area contributed by atoms with Crippen molar-refractivity contribution >= 4 is 28.8 Å². The molecule has 1 aromatic heterocycles. The van der Waals surface area contributed by atoms with Crippen LogP contribution in [0.25, 0.3) is 5.57 Å². The van der Waals surface area contributed by atoms with Gasteiger partial charge in [0.1, 0.15) is 11.6 Å². The zero-order valence-electron chi connectivity index (χ0n) is 16.2. The number of allylic oxidation sites excluding steroid dienone is 4. The van der Waals surface area contributed by atoms with Crippen molar-refractivity contribution < 1.29 is 4.74 Å². The normalized spacial score (nSPS) is 13.1. The second-order valence-electron chi connectivity index (χ2n) is 5.76. The van der Waals surface area contributed by atoms with Gasteiger partial charge in [-0.3, -0.25) is 9.78 Å². The highest BCUT2D eigenvalue weighted by Crippen LogP contribution is 2.27. The molecule has 0 spiro atoms. The first-order valence-corrected chi connectivity index (χ1v) is 9.49. The molecule has 0 saturated heterocycles. The first kappa shape index (κ1) is 21.3. The smallest absolute Gasteiger partial charge is 0.270 e. The van der Waals surface area contributed by atoms with Crippen molar-refractivity contribution in [2.45, 2.75) is 33.1 Å². The van der Waals surface area contributed by atoms with Gasteiger partial charge < -0.3 is 10.1 Å². The maximum Gasteiger partial charge on any atom is 0.270 e. The fraction of sp³-hybridized carbons (Fsp3) is 0.286. The number of anilines is 2. The Hall–Kier alpha value is -3.04. The summed E-state index contributed by atoms with van der Waals surface area (Å²) in [7, 11) is 1.63. The number of nitriles is 1. The number of aromatic nitrogens is 2. The number of ether oxygens (including phenoxy) is 1. The van der Waals surface area contributed by atoms with Crippen LogP contribution in [0.5, 0.6) is 0 Å². The standard InChI is InChI=1S/C19H17ClN4O2.C2H6/c1-26-15-4-2-3-12(5-10-15)17-16(11-21)18(25)24-19(23-17)22-14-8-6-13(20)7-9-14;1-2/h5-10H,2-4H2,1H3,(H2,22,23,24,25);1-2H3. The molecule has 0 saturated carbocycles. The summed E-state index contributed by atoms with van der Waals surface area (Å²) in [5.41, 5.74) is 1.48. The summed E-state index contributed by atoms with van der Waals surface area (Å²) in [4.78, 5) is 19.4. The fourth-order valence-electron chi connectivity index (χ4n) is 2.72. The van der Waals surface area contributed by atoms with Gasteiger partial charge in [-0.2, -0.15) is 5.26 Å². The Bertz CT molecular complexity index is 969. The summed E-state index contributed by atoms with van der Waals surface area (Å²) in [6, 6.07) is 8.98. The van der Waals surface area contributed by atoms with E-state index in [0.717, 1.165) is 29.9 Å². The van der Waals surface area contributed by atoms with Crippen LogP contribution in [-0.2, 0) is 4.74 Å². The van der Waals surface area contributed by atoms with Crippen molar-refractivity contribution in [2.75, 3.05) is 12.4 Å². The number of H-pyrrole nitrogens is 1. The molecule has 0 fully saturated rings. The van der Waals surface area contributed by atoms with Crippen LogP contribution >= 0.6 is 11.6 Å². The zero-order chi connectivity index (χ0) is 20.5. The Morgan fingerprint density at radius 1 is 1.21 bits per heavy atom. The van der Waals surface area contributed by atoms with Gasteiger partial charge in [-0.25, -0.2) is 4.98 Å². The lowest BCUT2D eigenvalue weighted by molar-refractivity contribution is 0.276. The van der Waals surface area contributed by atoms with Gasteiger partial charge in [0.25, 0.3) is 5.56 Å². The third-order valence-electron chi connectivity index (χ3n) is 4.04. The zero-order valence-corrected chi connectivity index (χ0v) is 16.9. The summed E-state index contributed by atoms with van der Waals surface area (Å²) in [5, 5.41) is 13.0. The third-order valence-corrected chi connectivity index (χ3v) is 4.30. The molecule has 1 aromatic carbocycles. The highest BCUT2D eigenvalue weighted by Gasteiger charge is 2.17. The topological polar surface area (TPSA) is 90.8 Å². The minimum Gasteiger partial charge on any atom is -0.501 e. The van der Waals surface area contributed by atoms with E-state index < -0.39 is 5.56 Å². The maximum atomic E-state index is 12.3. The van der Waals surface area contributed by atoms with Gasteiger partial charge in [-0.05, 0) is 48.8 Å². The van der Waals surface area contributed by atoms with Crippen LogP contribution in [0.1, 0.15) is 44.4 Å². The predicted octanol–water partition coefficient (Wildman–Crippen LogP) is 5.16. The van der Waals surface area contributed by atoms with E-state index in [1.807, 2.05) is 32.1 Å². The van der Waals surface area contributed by atoms with Crippen molar-refractivity contribution in [1.29, 1.82) is 5.26 Å². The molecule has 146 valence electrons.